The lowest BCUT2D eigenvalue weighted by Gasteiger charge is -2.23. The van der Waals surface area contributed by atoms with E-state index in [0.29, 0.717) is 5.75 Å². The molecule has 1 atom stereocenters. The first-order valence-corrected chi connectivity index (χ1v) is 5.78. The predicted molar refractivity (Wildman–Crippen MR) is 64.4 cm³/mol. The van der Waals surface area contributed by atoms with Crippen molar-refractivity contribution in [2.45, 2.75) is 25.9 Å². The van der Waals surface area contributed by atoms with Crippen molar-refractivity contribution in [3.05, 3.63) is 33.9 Å². The van der Waals surface area contributed by atoms with Crippen LogP contribution < -0.4 is 10.1 Å². The third-order valence-corrected chi connectivity index (χ3v) is 2.80. The molecule has 1 aromatic rings. The molecular weight excluding hydrogens is 220 g/mol. The van der Waals surface area contributed by atoms with Crippen LogP contribution in [0, 0.1) is 17.0 Å². The van der Waals surface area contributed by atoms with E-state index in [1.807, 2.05) is 13.0 Å². The number of piperidine rings is 1. The lowest BCUT2D eigenvalue weighted by Crippen LogP contribution is -2.37. The topological polar surface area (TPSA) is 64.4 Å². The van der Waals surface area contributed by atoms with Crippen molar-refractivity contribution in [3.63, 3.8) is 0 Å². The zero-order chi connectivity index (χ0) is 12.3. The molecule has 1 saturated heterocycles. The van der Waals surface area contributed by atoms with Crippen molar-refractivity contribution in [1.29, 1.82) is 0 Å². The van der Waals surface area contributed by atoms with E-state index in [0.717, 1.165) is 31.5 Å². The molecule has 0 spiro atoms. The fourth-order valence-electron chi connectivity index (χ4n) is 2.01. The minimum Gasteiger partial charge on any atom is -0.489 e. The number of hydrogen-bond donors (Lipinski definition) is 1. The molecule has 0 saturated carbocycles. The molecule has 17 heavy (non-hydrogen) atoms. The highest BCUT2D eigenvalue weighted by Gasteiger charge is 2.16. The standard InChI is InChI=1S/C12H16N2O3/c1-9-5-10(14(15)16)7-12(6-9)17-11-3-2-4-13-8-11/h5-7,11,13H,2-4,8H2,1H3/t11-/m0/s1. The quantitative estimate of drug-likeness (QED) is 0.644. The third-order valence-electron chi connectivity index (χ3n) is 2.80. The second-order valence-corrected chi connectivity index (χ2v) is 4.35. The highest BCUT2D eigenvalue weighted by atomic mass is 16.6. The first-order chi connectivity index (χ1) is 8.15. The molecular formula is C12H16N2O3. The maximum Gasteiger partial charge on any atom is 0.273 e. The van der Waals surface area contributed by atoms with E-state index in [1.54, 1.807) is 6.07 Å². The summed E-state index contributed by atoms with van der Waals surface area (Å²) in [6, 6.07) is 4.87. The zero-order valence-corrected chi connectivity index (χ0v) is 9.81. The number of benzene rings is 1. The number of nitrogens with zero attached hydrogens (tertiary/aromatic N) is 1. The largest absolute Gasteiger partial charge is 0.489 e. The van der Waals surface area contributed by atoms with Gasteiger partial charge in [0.15, 0.2) is 0 Å². The van der Waals surface area contributed by atoms with Crippen molar-refractivity contribution in [1.82, 2.24) is 5.32 Å². The Bertz CT molecular complexity index is 414. The minimum atomic E-state index is -0.390. The minimum absolute atomic E-state index is 0.0868. The molecule has 1 heterocycles. The Kier molecular flexibility index (Phi) is 3.58. The third kappa shape index (κ3) is 3.17. The van der Waals surface area contributed by atoms with Gasteiger partial charge in [0.25, 0.3) is 5.69 Å². The smallest absolute Gasteiger partial charge is 0.273 e. The average molecular weight is 236 g/mol. The normalized spacial score (nSPS) is 19.9. The van der Waals surface area contributed by atoms with E-state index in [1.165, 1.54) is 6.07 Å². The molecule has 5 nitrogen and oxygen atoms in total. The van der Waals surface area contributed by atoms with Crippen molar-refractivity contribution in [3.8, 4) is 5.75 Å². The first-order valence-electron chi connectivity index (χ1n) is 5.78. The summed E-state index contributed by atoms with van der Waals surface area (Å²) < 4.78 is 5.76. The van der Waals surface area contributed by atoms with Crippen molar-refractivity contribution in [2.75, 3.05) is 13.1 Å². The Balaban J connectivity index is 2.11. The van der Waals surface area contributed by atoms with Crippen LogP contribution in [0.1, 0.15) is 18.4 Å². The molecule has 1 fully saturated rings. The lowest BCUT2D eigenvalue weighted by atomic mass is 10.1. The molecule has 92 valence electrons. The summed E-state index contributed by atoms with van der Waals surface area (Å²) in [5.41, 5.74) is 0.932. The van der Waals surface area contributed by atoms with Crippen LogP contribution in [0.3, 0.4) is 0 Å². The number of non-ortho nitro benzene ring substituents is 1. The van der Waals surface area contributed by atoms with Gasteiger partial charge in [-0.25, -0.2) is 0 Å². The van der Waals surface area contributed by atoms with Gasteiger partial charge in [-0.3, -0.25) is 10.1 Å². The summed E-state index contributed by atoms with van der Waals surface area (Å²) in [4.78, 5) is 10.3. The molecule has 2 rings (SSSR count). The van der Waals surface area contributed by atoms with Gasteiger partial charge in [0.2, 0.25) is 0 Å². The van der Waals surface area contributed by atoms with Crippen LogP contribution in [-0.4, -0.2) is 24.1 Å². The van der Waals surface area contributed by atoms with Gasteiger partial charge in [-0.05, 0) is 37.9 Å². The molecule has 1 aromatic carbocycles. The van der Waals surface area contributed by atoms with Crippen LogP contribution in [0.25, 0.3) is 0 Å². The molecule has 1 aliphatic rings. The lowest BCUT2D eigenvalue weighted by molar-refractivity contribution is -0.385. The fourth-order valence-corrected chi connectivity index (χ4v) is 2.01. The van der Waals surface area contributed by atoms with Gasteiger partial charge in [0.1, 0.15) is 11.9 Å². The molecule has 0 unspecified atom stereocenters. The number of rotatable bonds is 3. The summed E-state index contributed by atoms with van der Waals surface area (Å²) in [6.07, 6.45) is 2.19. The van der Waals surface area contributed by atoms with Gasteiger partial charge in [0, 0.05) is 12.6 Å². The number of ether oxygens (including phenoxy) is 1. The van der Waals surface area contributed by atoms with Gasteiger partial charge < -0.3 is 10.1 Å². The molecule has 0 radical (unpaired) electrons. The number of nitro groups is 1. The molecule has 0 aliphatic carbocycles. The Morgan fingerprint density at radius 3 is 2.94 bits per heavy atom. The summed E-state index contributed by atoms with van der Waals surface area (Å²) in [5.74, 6) is 0.588. The average Bonchev–Trinajstić information content (AvgIpc) is 2.29. The van der Waals surface area contributed by atoms with Gasteiger partial charge in [0.05, 0.1) is 11.0 Å². The van der Waals surface area contributed by atoms with Gasteiger partial charge in [-0.2, -0.15) is 0 Å². The second-order valence-electron chi connectivity index (χ2n) is 4.35. The first kappa shape index (κ1) is 11.9. The molecule has 0 amide bonds. The van der Waals surface area contributed by atoms with Crippen LogP contribution in [0.2, 0.25) is 0 Å². The molecule has 1 aliphatic heterocycles. The van der Waals surface area contributed by atoms with Crippen LogP contribution >= 0.6 is 0 Å². The molecule has 1 N–H and O–H groups in total. The maximum atomic E-state index is 10.7. The van der Waals surface area contributed by atoms with Gasteiger partial charge in [-0.1, -0.05) is 0 Å². The maximum absolute atomic E-state index is 10.7. The van der Waals surface area contributed by atoms with Gasteiger partial charge >= 0.3 is 0 Å². The predicted octanol–water partition coefficient (Wildman–Crippen LogP) is 2.03. The van der Waals surface area contributed by atoms with Gasteiger partial charge in [-0.15, -0.1) is 0 Å². The van der Waals surface area contributed by atoms with E-state index >= 15 is 0 Å². The highest BCUT2D eigenvalue weighted by molar-refractivity contribution is 5.42. The van der Waals surface area contributed by atoms with Crippen molar-refractivity contribution in [2.24, 2.45) is 0 Å². The van der Waals surface area contributed by atoms with E-state index in [-0.39, 0.29) is 16.7 Å². The monoisotopic (exact) mass is 236 g/mol. The molecule has 0 bridgehead atoms. The number of aryl methyl sites for hydroxylation is 1. The summed E-state index contributed by atoms with van der Waals surface area (Å²) in [5, 5.41) is 14.0. The highest BCUT2D eigenvalue weighted by Crippen LogP contribution is 2.24. The fraction of sp³-hybridized carbons (Fsp3) is 0.500. The van der Waals surface area contributed by atoms with Crippen molar-refractivity contribution >= 4 is 5.69 Å². The molecule has 5 heteroatoms. The number of nitrogens with one attached hydrogen (secondary N) is 1. The Labute approximate surface area is 99.9 Å². The van der Waals surface area contributed by atoms with E-state index < -0.39 is 0 Å². The van der Waals surface area contributed by atoms with Crippen LogP contribution in [0.5, 0.6) is 5.75 Å². The van der Waals surface area contributed by atoms with Crippen LogP contribution in [0.15, 0.2) is 18.2 Å². The van der Waals surface area contributed by atoms with E-state index in [2.05, 4.69) is 5.32 Å². The summed E-state index contributed by atoms with van der Waals surface area (Å²) in [6.45, 7) is 3.66. The van der Waals surface area contributed by atoms with Crippen molar-refractivity contribution < 1.29 is 9.66 Å². The van der Waals surface area contributed by atoms with E-state index in [9.17, 15) is 10.1 Å². The molecule has 0 aromatic heterocycles. The van der Waals surface area contributed by atoms with E-state index in [4.69, 9.17) is 4.74 Å². The second kappa shape index (κ2) is 5.14. The SMILES string of the molecule is Cc1cc(O[C@H]2CCCNC2)cc([N+](=O)[O-])c1. The number of nitro benzene ring substituents is 1. The summed E-state index contributed by atoms with van der Waals surface area (Å²) >= 11 is 0. The van der Waals surface area contributed by atoms with Crippen LogP contribution in [0.4, 0.5) is 5.69 Å². The van der Waals surface area contributed by atoms with Crippen LogP contribution in [-0.2, 0) is 0 Å². The zero-order valence-electron chi connectivity index (χ0n) is 9.81. The summed E-state index contributed by atoms with van der Waals surface area (Å²) in [7, 11) is 0. The Hall–Kier alpha value is -1.62. The Morgan fingerprint density at radius 1 is 1.47 bits per heavy atom. The number of hydrogen-bond acceptors (Lipinski definition) is 4. The Morgan fingerprint density at radius 2 is 2.29 bits per heavy atom.